The minimum atomic E-state index is -1.16. The Kier molecular flexibility index (Phi) is 4.06. The first-order valence-electron chi connectivity index (χ1n) is 8.28. The van der Waals surface area contributed by atoms with Gasteiger partial charge < -0.3 is 0 Å². The summed E-state index contributed by atoms with van der Waals surface area (Å²) in [6.45, 7) is 8.12. The molecule has 0 aliphatic carbocycles. The standard InChI is InChI=1S/C19H23BFN2/c1-6-7-8-9-10-17-18-13(2)11-15(4)22(18)20(21)23-16(5)12-14(3)19(17)23/h1,11-12H,7-10H2,2-5H3/q+1. The van der Waals surface area contributed by atoms with Crippen molar-refractivity contribution in [2.75, 3.05) is 0 Å². The highest BCUT2D eigenvalue weighted by Crippen LogP contribution is 2.39. The lowest BCUT2D eigenvalue weighted by molar-refractivity contribution is -0.337. The Bertz CT molecular complexity index is 802. The molecule has 0 saturated heterocycles. The molecule has 0 unspecified atom stereocenters. The number of halogens is 1. The molecule has 0 saturated carbocycles. The topological polar surface area (TPSA) is 7.94 Å². The lowest BCUT2D eigenvalue weighted by atomic mass is 9.88. The van der Waals surface area contributed by atoms with Crippen LogP contribution >= 0.6 is 0 Å². The van der Waals surface area contributed by atoms with Crippen LogP contribution in [0.3, 0.4) is 0 Å². The van der Waals surface area contributed by atoms with Gasteiger partial charge in [0.1, 0.15) is 0 Å². The van der Waals surface area contributed by atoms with Crippen molar-refractivity contribution in [3.05, 3.63) is 40.4 Å². The van der Waals surface area contributed by atoms with E-state index < -0.39 is 7.26 Å². The second-order valence-corrected chi connectivity index (χ2v) is 6.58. The molecule has 0 radical (unpaired) electrons. The number of fused-ring (bicyclic) bond motifs is 2. The van der Waals surface area contributed by atoms with Crippen LogP contribution in [0.15, 0.2) is 23.4 Å². The van der Waals surface area contributed by atoms with Gasteiger partial charge in [0.2, 0.25) is 0 Å². The third-order valence-electron chi connectivity index (χ3n) is 4.84. The van der Waals surface area contributed by atoms with Crippen LogP contribution < -0.4 is 0 Å². The fourth-order valence-electron chi connectivity index (χ4n) is 3.94. The van der Waals surface area contributed by atoms with Crippen LogP contribution in [-0.2, 0) is 0 Å². The Morgan fingerprint density at radius 3 is 2.70 bits per heavy atom. The van der Waals surface area contributed by atoms with Crippen LogP contribution in [0.25, 0.3) is 5.57 Å². The highest BCUT2D eigenvalue weighted by Gasteiger charge is 2.50. The summed E-state index contributed by atoms with van der Waals surface area (Å²) < 4.78 is 18.9. The monoisotopic (exact) mass is 309 g/mol. The SMILES string of the molecule is C#CCCCCC1=C2C(C)=CC(C)=[N+]2B(F)n2c(C)cc(C)c21. The van der Waals surface area contributed by atoms with Gasteiger partial charge in [0.25, 0.3) is 0 Å². The van der Waals surface area contributed by atoms with Crippen molar-refractivity contribution < 1.29 is 8.80 Å². The predicted octanol–water partition coefficient (Wildman–Crippen LogP) is 4.26. The highest BCUT2D eigenvalue weighted by atomic mass is 19.1. The molecule has 1 aromatic rings. The first kappa shape index (κ1) is 15.9. The predicted molar refractivity (Wildman–Crippen MR) is 95.1 cm³/mol. The minimum absolute atomic E-state index is 0.803. The van der Waals surface area contributed by atoms with Gasteiger partial charge in [-0.05, 0) is 51.7 Å². The summed E-state index contributed by atoms with van der Waals surface area (Å²) >= 11 is 0. The molecule has 1 aromatic heterocycles. The van der Waals surface area contributed by atoms with Gasteiger partial charge in [-0.1, -0.05) is 0 Å². The summed E-state index contributed by atoms with van der Waals surface area (Å²) in [7, 11) is -1.16. The summed E-state index contributed by atoms with van der Waals surface area (Å²) in [5.74, 6) is 2.70. The summed E-state index contributed by atoms with van der Waals surface area (Å²) in [6.07, 6.45) is 11.2. The summed E-state index contributed by atoms with van der Waals surface area (Å²) in [6, 6.07) is 2.08. The van der Waals surface area contributed by atoms with E-state index in [0.29, 0.717) is 0 Å². The Labute approximate surface area is 138 Å². The van der Waals surface area contributed by atoms with Crippen LogP contribution in [0.5, 0.6) is 0 Å². The van der Waals surface area contributed by atoms with Gasteiger partial charge in [0, 0.05) is 42.0 Å². The Balaban J connectivity index is 2.14. The van der Waals surface area contributed by atoms with Crippen molar-refractivity contribution in [2.45, 2.75) is 53.4 Å². The van der Waals surface area contributed by atoms with Crippen molar-refractivity contribution in [1.29, 1.82) is 0 Å². The Morgan fingerprint density at radius 2 is 2.00 bits per heavy atom. The van der Waals surface area contributed by atoms with Gasteiger partial charge in [-0.15, -0.1) is 12.3 Å². The van der Waals surface area contributed by atoms with E-state index in [4.69, 9.17) is 6.42 Å². The van der Waals surface area contributed by atoms with Crippen LogP contribution in [0.4, 0.5) is 4.32 Å². The third kappa shape index (κ3) is 2.39. The number of hydrogen-bond donors (Lipinski definition) is 0. The zero-order valence-corrected chi connectivity index (χ0v) is 14.4. The van der Waals surface area contributed by atoms with E-state index in [1.807, 2.05) is 22.8 Å². The first-order chi connectivity index (χ1) is 11.0. The normalized spacial score (nSPS) is 16.5. The molecule has 0 spiro atoms. The van der Waals surface area contributed by atoms with E-state index >= 15 is 4.32 Å². The molecule has 118 valence electrons. The highest BCUT2D eigenvalue weighted by molar-refractivity contribution is 6.43. The van der Waals surface area contributed by atoms with Gasteiger partial charge in [-0.25, -0.2) is 8.80 Å². The van der Waals surface area contributed by atoms with Gasteiger partial charge >= 0.3 is 7.26 Å². The van der Waals surface area contributed by atoms with Crippen molar-refractivity contribution >= 4 is 18.5 Å². The molecule has 2 aliphatic heterocycles. The van der Waals surface area contributed by atoms with Crippen LogP contribution in [0.2, 0.25) is 0 Å². The number of hydrogen-bond acceptors (Lipinski definition) is 0. The molecule has 0 N–H and O–H groups in total. The maximum Gasteiger partial charge on any atom is 0.846 e. The lowest BCUT2D eigenvalue weighted by Crippen LogP contribution is -2.40. The van der Waals surface area contributed by atoms with E-state index in [2.05, 4.69) is 31.9 Å². The third-order valence-corrected chi connectivity index (χ3v) is 4.84. The maximum atomic E-state index is 15.2. The number of allylic oxidation sites excluding steroid dienone is 3. The Hall–Kier alpha value is -2.02. The van der Waals surface area contributed by atoms with Crippen molar-refractivity contribution in [3.63, 3.8) is 0 Å². The number of nitrogens with zero attached hydrogens (tertiary/aromatic N) is 2. The smallest absolute Gasteiger partial charge is 0.290 e. The molecule has 3 heterocycles. The van der Waals surface area contributed by atoms with E-state index in [9.17, 15) is 0 Å². The molecule has 0 fully saturated rings. The molecule has 0 atom stereocenters. The van der Waals surface area contributed by atoms with E-state index in [1.54, 1.807) is 0 Å². The zero-order chi connectivity index (χ0) is 16.7. The molecule has 23 heavy (non-hydrogen) atoms. The second kappa shape index (κ2) is 5.89. The van der Waals surface area contributed by atoms with Crippen LogP contribution in [0, 0.1) is 26.2 Å². The Morgan fingerprint density at radius 1 is 1.26 bits per heavy atom. The quantitative estimate of drug-likeness (QED) is 0.446. The molecule has 0 amide bonds. The first-order valence-corrected chi connectivity index (χ1v) is 8.28. The molecule has 0 aromatic carbocycles. The number of aryl methyl sites for hydroxylation is 2. The largest absolute Gasteiger partial charge is 0.846 e. The average Bonchev–Trinajstić information content (AvgIpc) is 2.95. The molecule has 2 aliphatic rings. The van der Waals surface area contributed by atoms with Crippen LogP contribution in [-0.4, -0.2) is 21.9 Å². The van der Waals surface area contributed by atoms with E-state index in [0.717, 1.165) is 59.6 Å². The van der Waals surface area contributed by atoms with Gasteiger partial charge in [-0.2, -0.15) is 0 Å². The summed E-state index contributed by atoms with van der Waals surface area (Å²) in [4.78, 5) is 0. The van der Waals surface area contributed by atoms with Gasteiger partial charge in [0.15, 0.2) is 11.4 Å². The summed E-state index contributed by atoms with van der Waals surface area (Å²) in [5.41, 5.74) is 7.63. The lowest BCUT2D eigenvalue weighted by Gasteiger charge is -2.21. The number of aromatic nitrogens is 1. The average molecular weight is 309 g/mol. The van der Waals surface area contributed by atoms with E-state index in [-0.39, 0.29) is 0 Å². The fourth-order valence-corrected chi connectivity index (χ4v) is 3.94. The molecule has 2 nitrogen and oxygen atoms in total. The van der Waals surface area contributed by atoms with Crippen molar-refractivity contribution in [2.24, 2.45) is 0 Å². The zero-order valence-electron chi connectivity index (χ0n) is 14.4. The van der Waals surface area contributed by atoms with Gasteiger partial charge in [-0.3, -0.25) is 4.48 Å². The molecule has 3 rings (SSSR count). The van der Waals surface area contributed by atoms with Crippen molar-refractivity contribution in [1.82, 2.24) is 4.48 Å². The minimum Gasteiger partial charge on any atom is -0.290 e. The van der Waals surface area contributed by atoms with E-state index in [1.165, 1.54) is 5.57 Å². The fraction of sp³-hybridized carbons (Fsp3) is 0.421. The van der Waals surface area contributed by atoms with Crippen LogP contribution in [0.1, 0.15) is 56.5 Å². The molecular weight excluding hydrogens is 286 g/mol. The second-order valence-electron chi connectivity index (χ2n) is 6.58. The number of rotatable bonds is 4. The summed E-state index contributed by atoms with van der Waals surface area (Å²) in [5, 5.41) is 0. The molecular formula is C19H23BFN2+. The number of terminal acetylenes is 1. The van der Waals surface area contributed by atoms with Crippen molar-refractivity contribution in [3.8, 4) is 12.3 Å². The number of unbranched alkanes of at least 4 members (excludes halogenated alkanes) is 2. The maximum absolute atomic E-state index is 15.2. The van der Waals surface area contributed by atoms with Gasteiger partial charge in [0.05, 0.1) is 0 Å². The molecule has 4 heteroatoms. The molecule has 0 bridgehead atoms.